The molecule has 0 aliphatic carbocycles. The van der Waals surface area contributed by atoms with Crippen molar-refractivity contribution in [2.45, 2.75) is 6.92 Å². The van der Waals surface area contributed by atoms with E-state index >= 15 is 0 Å². The molecule has 20 heavy (non-hydrogen) atoms. The fraction of sp³-hybridized carbons (Fsp3) is 0.154. The van der Waals surface area contributed by atoms with Gasteiger partial charge in [0.15, 0.2) is 17.3 Å². The number of nitrogens with zero attached hydrogens (tertiary/aromatic N) is 4. The van der Waals surface area contributed by atoms with Gasteiger partial charge in [-0.2, -0.15) is 0 Å². The zero-order valence-corrected chi connectivity index (χ0v) is 10.9. The molecule has 0 fully saturated rings. The van der Waals surface area contributed by atoms with Crippen molar-refractivity contribution in [3.8, 4) is 0 Å². The molecule has 2 aromatic rings. The van der Waals surface area contributed by atoms with Crippen molar-refractivity contribution in [1.29, 1.82) is 0 Å². The van der Waals surface area contributed by atoms with Gasteiger partial charge in [-0.25, -0.2) is 14.4 Å². The van der Waals surface area contributed by atoms with Gasteiger partial charge in [-0.1, -0.05) is 5.16 Å². The third kappa shape index (κ3) is 2.66. The number of halogens is 1. The zero-order valence-electron chi connectivity index (χ0n) is 10.9. The van der Waals surface area contributed by atoms with Crippen LogP contribution in [-0.2, 0) is 0 Å². The molecule has 1 aromatic carbocycles. The normalized spacial score (nSPS) is 11.4. The zero-order chi connectivity index (χ0) is 14.5. The number of oxime groups is 1. The van der Waals surface area contributed by atoms with Crippen molar-refractivity contribution < 1.29 is 9.60 Å². The number of aromatic nitrogens is 2. The molecule has 0 amide bonds. The van der Waals surface area contributed by atoms with Gasteiger partial charge in [0.1, 0.15) is 5.82 Å². The molecule has 0 aliphatic rings. The molecule has 6 nitrogen and oxygen atoms in total. The van der Waals surface area contributed by atoms with E-state index in [4.69, 9.17) is 10.9 Å². The molecular formula is C13H14FN5O. The Kier molecular flexibility index (Phi) is 4.09. The Bertz CT molecular complexity index is 614. The van der Waals surface area contributed by atoms with Gasteiger partial charge in [0.2, 0.25) is 0 Å². The summed E-state index contributed by atoms with van der Waals surface area (Å²) >= 11 is 0. The lowest BCUT2D eigenvalue weighted by molar-refractivity contribution is 0.318. The van der Waals surface area contributed by atoms with E-state index < -0.39 is 0 Å². The van der Waals surface area contributed by atoms with E-state index in [0.29, 0.717) is 12.4 Å². The lowest BCUT2D eigenvalue weighted by Gasteiger charge is -2.23. The van der Waals surface area contributed by atoms with Crippen LogP contribution >= 0.6 is 0 Å². The van der Waals surface area contributed by atoms with E-state index in [1.807, 2.05) is 6.92 Å². The van der Waals surface area contributed by atoms with Crippen molar-refractivity contribution in [1.82, 2.24) is 9.97 Å². The first kappa shape index (κ1) is 13.7. The van der Waals surface area contributed by atoms with E-state index in [2.05, 4.69) is 15.1 Å². The van der Waals surface area contributed by atoms with Crippen LogP contribution in [0.2, 0.25) is 0 Å². The Balaban J connectivity index is 2.50. The summed E-state index contributed by atoms with van der Waals surface area (Å²) in [4.78, 5) is 10.1. The first-order valence-corrected chi connectivity index (χ1v) is 5.99. The van der Waals surface area contributed by atoms with Gasteiger partial charge in [0, 0.05) is 24.6 Å². The predicted molar refractivity (Wildman–Crippen MR) is 73.6 cm³/mol. The minimum atomic E-state index is -0.319. The first-order valence-electron chi connectivity index (χ1n) is 5.99. The topological polar surface area (TPSA) is 87.6 Å². The molecule has 2 rings (SSSR count). The highest BCUT2D eigenvalue weighted by atomic mass is 19.1. The largest absolute Gasteiger partial charge is 0.409 e. The molecule has 0 saturated carbocycles. The van der Waals surface area contributed by atoms with Crippen molar-refractivity contribution in [2.75, 3.05) is 11.4 Å². The molecule has 0 radical (unpaired) electrons. The summed E-state index contributed by atoms with van der Waals surface area (Å²) in [5, 5.41) is 11.8. The van der Waals surface area contributed by atoms with Crippen molar-refractivity contribution in [3.05, 3.63) is 48.2 Å². The van der Waals surface area contributed by atoms with Gasteiger partial charge >= 0.3 is 0 Å². The highest BCUT2D eigenvalue weighted by Gasteiger charge is 2.17. The third-order valence-corrected chi connectivity index (χ3v) is 2.74. The summed E-state index contributed by atoms with van der Waals surface area (Å²) in [6.07, 6.45) is 2.96. The summed E-state index contributed by atoms with van der Waals surface area (Å²) in [6, 6.07) is 5.97. The maximum Gasteiger partial charge on any atom is 0.192 e. The summed E-state index contributed by atoms with van der Waals surface area (Å²) in [5.41, 5.74) is 6.60. The molecule has 0 saturated heterocycles. The van der Waals surface area contributed by atoms with E-state index in [0.717, 1.165) is 5.69 Å². The van der Waals surface area contributed by atoms with Crippen LogP contribution in [0.15, 0.2) is 41.8 Å². The highest BCUT2D eigenvalue weighted by molar-refractivity contribution is 6.00. The molecule has 0 bridgehead atoms. The Morgan fingerprint density at radius 3 is 2.55 bits per heavy atom. The van der Waals surface area contributed by atoms with Gasteiger partial charge in [-0.15, -0.1) is 0 Å². The van der Waals surface area contributed by atoms with Crippen LogP contribution in [-0.4, -0.2) is 27.6 Å². The van der Waals surface area contributed by atoms with Gasteiger partial charge in [0.25, 0.3) is 0 Å². The second-order valence-corrected chi connectivity index (χ2v) is 3.93. The van der Waals surface area contributed by atoms with E-state index in [1.54, 1.807) is 17.0 Å². The Labute approximate surface area is 115 Å². The Morgan fingerprint density at radius 1 is 1.30 bits per heavy atom. The fourth-order valence-corrected chi connectivity index (χ4v) is 1.83. The summed E-state index contributed by atoms with van der Waals surface area (Å²) in [5.74, 6) is -0.00817. The first-order chi connectivity index (χ1) is 9.67. The maximum absolute atomic E-state index is 13.0. The molecule has 0 atom stereocenters. The third-order valence-electron chi connectivity index (χ3n) is 2.74. The molecule has 0 unspecified atom stereocenters. The fourth-order valence-electron chi connectivity index (χ4n) is 1.83. The minimum Gasteiger partial charge on any atom is -0.409 e. The molecule has 0 aliphatic heterocycles. The smallest absolute Gasteiger partial charge is 0.192 e. The lowest BCUT2D eigenvalue weighted by atomic mass is 10.2. The number of anilines is 2. The monoisotopic (exact) mass is 275 g/mol. The van der Waals surface area contributed by atoms with Crippen LogP contribution in [0, 0.1) is 5.82 Å². The van der Waals surface area contributed by atoms with E-state index in [-0.39, 0.29) is 17.3 Å². The average Bonchev–Trinajstić information content (AvgIpc) is 2.49. The average molecular weight is 275 g/mol. The van der Waals surface area contributed by atoms with Crippen LogP contribution in [0.3, 0.4) is 0 Å². The number of benzene rings is 1. The van der Waals surface area contributed by atoms with Crippen LogP contribution in [0.5, 0.6) is 0 Å². The molecule has 104 valence electrons. The number of hydrogen-bond acceptors (Lipinski definition) is 5. The van der Waals surface area contributed by atoms with Gasteiger partial charge < -0.3 is 15.8 Å². The van der Waals surface area contributed by atoms with Crippen LogP contribution in [0.1, 0.15) is 12.6 Å². The SMILES string of the molecule is CCN(c1ccc(F)cc1)c1nccnc1C(N)=NO. The highest BCUT2D eigenvalue weighted by Crippen LogP contribution is 2.25. The number of nitrogens with two attached hydrogens (primary N) is 1. The molecule has 1 heterocycles. The number of rotatable bonds is 4. The molecule has 7 heteroatoms. The molecule has 0 spiro atoms. The van der Waals surface area contributed by atoms with Crippen molar-refractivity contribution >= 4 is 17.3 Å². The second kappa shape index (κ2) is 5.96. The van der Waals surface area contributed by atoms with Crippen LogP contribution < -0.4 is 10.6 Å². The molecule has 3 N–H and O–H groups in total. The van der Waals surface area contributed by atoms with E-state index in [9.17, 15) is 4.39 Å². The Morgan fingerprint density at radius 2 is 1.95 bits per heavy atom. The number of amidine groups is 1. The van der Waals surface area contributed by atoms with Gasteiger partial charge in [-0.3, -0.25) is 0 Å². The van der Waals surface area contributed by atoms with Crippen molar-refractivity contribution in [3.63, 3.8) is 0 Å². The molecular weight excluding hydrogens is 261 g/mol. The lowest BCUT2D eigenvalue weighted by Crippen LogP contribution is -2.24. The van der Waals surface area contributed by atoms with E-state index in [1.165, 1.54) is 24.5 Å². The number of hydrogen-bond donors (Lipinski definition) is 2. The van der Waals surface area contributed by atoms with Gasteiger partial charge in [0.05, 0.1) is 0 Å². The Hall–Kier alpha value is -2.70. The van der Waals surface area contributed by atoms with Crippen molar-refractivity contribution in [2.24, 2.45) is 10.9 Å². The summed E-state index contributed by atoms with van der Waals surface area (Å²) in [7, 11) is 0. The quantitative estimate of drug-likeness (QED) is 0.385. The maximum atomic E-state index is 13.0. The standard InChI is InChI=1S/C13H14FN5O/c1-2-19(10-5-3-9(14)4-6-10)13-11(12(15)18-20)16-7-8-17-13/h3-8,20H,2H2,1H3,(H2,15,18). The minimum absolute atomic E-state index is 0.131. The predicted octanol–water partition coefficient (Wildman–Crippen LogP) is 1.87. The van der Waals surface area contributed by atoms with Gasteiger partial charge in [-0.05, 0) is 31.2 Å². The van der Waals surface area contributed by atoms with Crippen LogP contribution in [0.25, 0.3) is 0 Å². The van der Waals surface area contributed by atoms with Crippen LogP contribution in [0.4, 0.5) is 15.9 Å². The summed E-state index contributed by atoms with van der Waals surface area (Å²) < 4.78 is 13.0. The summed E-state index contributed by atoms with van der Waals surface area (Å²) in [6.45, 7) is 2.48. The molecule has 1 aromatic heterocycles. The second-order valence-electron chi connectivity index (χ2n) is 3.93.